The molecule has 0 radical (unpaired) electrons. The second-order valence-corrected chi connectivity index (χ2v) is 3.75. The minimum absolute atomic E-state index is 0.197. The first-order chi connectivity index (χ1) is 9.19. The summed E-state index contributed by atoms with van der Waals surface area (Å²) in [5.41, 5.74) is 0.971. The van der Waals surface area contributed by atoms with Gasteiger partial charge in [-0.05, 0) is 33.7 Å². The molecular weight excluding hydrogens is 248 g/mol. The molecule has 0 bridgehead atoms. The molecule has 0 saturated carbocycles. The Labute approximate surface area is 109 Å². The first-order valence-corrected chi connectivity index (χ1v) is 5.55. The molecule has 19 heavy (non-hydrogen) atoms. The molecule has 1 aromatic carbocycles. The second-order valence-electron chi connectivity index (χ2n) is 3.75. The Morgan fingerprint density at radius 2 is 1.84 bits per heavy atom. The highest BCUT2D eigenvalue weighted by Crippen LogP contribution is 2.16. The number of hydrogen-bond donors (Lipinski definition) is 0. The number of benzene rings is 1. The van der Waals surface area contributed by atoms with Crippen LogP contribution in [0, 0.1) is 10.1 Å². The van der Waals surface area contributed by atoms with E-state index in [-0.39, 0.29) is 5.82 Å². The van der Waals surface area contributed by atoms with Crippen molar-refractivity contribution in [3.63, 3.8) is 0 Å². The molecule has 0 N–H and O–H groups in total. The summed E-state index contributed by atoms with van der Waals surface area (Å²) >= 11 is 0. The van der Waals surface area contributed by atoms with Crippen LogP contribution in [0.4, 0.5) is 5.82 Å². The summed E-state index contributed by atoms with van der Waals surface area (Å²) in [6.07, 6.45) is 1.33. The van der Waals surface area contributed by atoms with E-state index in [1.54, 1.807) is 7.11 Å². The van der Waals surface area contributed by atoms with Crippen molar-refractivity contribution >= 4 is 5.82 Å². The van der Waals surface area contributed by atoms with Gasteiger partial charge in [0.25, 0.3) is 0 Å². The Bertz CT molecular complexity index is 552. The zero-order chi connectivity index (χ0) is 13.7. The summed E-state index contributed by atoms with van der Waals surface area (Å²) < 4.78 is 10.5. The third kappa shape index (κ3) is 3.41. The number of methoxy groups -OCH3 is 1. The van der Waals surface area contributed by atoms with Gasteiger partial charge >= 0.3 is 5.82 Å². The van der Waals surface area contributed by atoms with Gasteiger partial charge in [0.15, 0.2) is 11.9 Å². The number of ether oxygens (including phenoxy) is 2. The van der Waals surface area contributed by atoms with E-state index in [4.69, 9.17) is 9.47 Å². The molecule has 0 amide bonds. The van der Waals surface area contributed by atoms with E-state index >= 15 is 0 Å². The molecule has 0 fully saturated rings. The SMILES string of the molecule is COc1ccc(COc2ccc([N+](=O)[O-])nc2)cc1. The van der Waals surface area contributed by atoms with Crippen LogP contribution in [-0.2, 0) is 6.61 Å². The zero-order valence-corrected chi connectivity index (χ0v) is 10.3. The number of nitrogens with zero attached hydrogens (tertiary/aromatic N) is 2. The van der Waals surface area contributed by atoms with Gasteiger partial charge in [-0.3, -0.25) is 0 Å². The lowest BCUT2D eigenvalue weighted by molar-refractivity contribution is -0.389. The molecule has 98 valence electrons. The molecule has 0 spiro atoms. The van der Waals surface area contributed by atoms with Gasteiger partial charge in [-0.2, -0.15) is 0 Å². The maximum atomic E-state index is 10.4. The summed E-state index contributed by atoms with van der Waals surface area (Å²) in [6, 6.07) is 10.3. The summed E-state index contributed by atoms with van der Waals surface area (Å²) in [5.74, 6) is 1.07. The van der Waals surface area contributed by atoms with Crippen LogP contribution in [0.25, 0.3) is 0 Å². The van der Waals surface area contributed by atoms with Crippen LogP contribution < -0.4 is 9.47 Å². The molecule has 0 aliphatic carbocycles. The van der Waals surface area contributed by atoms with Gasteiger partial charge in [0.2, 0.25) is 0 Å². The molecule has 0 aliphatic rings. The molecular formula is C13H12N2O4. The topological polar surface area (TPSA) is 74.5 Å². The third-order valence-corrected chi connectivity index (χ3v) is 2.47. The maximum Gasteiger partial charge on any atom is 0.363 e. The van der Waals surface area contributed by atoms with Crippen molar-refractivity contribution < 1.29 is 14.4 Å². The number of nitro groups is 1. The molecule has 0 saturated heterocycles. The van der Waals surface area contributed by atoms with Gasteiger partial charge in [-0.25, -0.2) is 0 Å². The Hall–Kier alpha value is -2.63. The predicted molar refractivity (Wildman–Crippen MR) is 68.2 cm³/mol. The standard InChI is InChI=1S/C13H12N2O4/c1-18-11-4-2-10(3-5-11)9-19-12-6-7-13(14-8-12)15(16)17/h2-8H,9H2,1H3. The van der Waals surface area contributed by atoms with Gasteiger partial charge in [0.1, 0.15) is 12.4 Å². The number of rotatable bonds is 5. The lowest BCUT2D eigenvalue weighted by atomic mass is 10.2. The maximum absolute atomic E-state index is 10.4. The smallest absolute Gasteiger partial charge is 0.363 e. The van der Waals surface area contributed by atoms with Crippen LogP contribution in [0.3, 0.4) is 0 Å². The molecule has 0 aliphatic heterocycles. The van der Waals surface area contributed by atoms with Crippen molar-refractivity contribution in [3.05, 3.63) is 58.3 Å². The summed E-state index contributed by atoms with van der Waals surface area (Å²) in [5, 5.41) is 10.4. The minimum atomic E-state index is -0.548. The molecule has 6 heteroatoms. The average molecular weight is 260 g/mol. The van der Waals surface area contributed by atoms with Crippen molar-refractivity contribution in [2.24, 2.45) is 0 Å². The van der Waals surface area contributed by atoms with Gasteiger partial charge in [0.05, 0.1) is 7.11 Å². The zero-order valence-electron chi connectivity index (χ0n) is 10.3. The van der Waals surface area contributed by atoms with Crippen LogP contribution >= 0.6 is 0 Å². The summed E-state index contributed by atoms with van der Waals surface area (Å²) in [4.78, 5) is 13.6. The lowest BCUT2D eigenvalue weighted by Crippen LogP contribution is -1.97. The monoisotopic (exact) mass is 260 g/mol. The fourth-order valence-corrected chi connectivity index (χ4v) is 1.45. The largest absolute Gasteiger partial charge is 0.497 e. The number of aromatic nitrogens is 1. The Morgan fingerprint density at radius 3 is 2.37 bits per heavy atom. The van der Waals surface area contributed by atoms with Gasteiger partial charge in [-0.1, -0.05) is 12.1 Å². The normalized spacial score (nSPS) is 9.95. The number of pyridine rings is 1. The van der Waals surface area contributed by atoms with Crippen LogP contribution in [-0.4, -0.2) is 17.0 Å². The van der Waals surface area contributed by atoms with Crippen molar-refractivity contribution in [2.45, 2.75) is 6.61 Å². The fourth-order valence-electron chi connectivity index (χ4n) is 1.45. The van der Waals surface area contributed by atoms with E-state index in [0.29, 0.717) is 12.4 Å². The Kier molecular flexibility index (Phi) is 3.92. The first kappa shape index (κ1) is 12.8. The quantitative estimate of drug-likeness (QED) is 0.610. The van der Waals surface area contributed by atoms with Crippen LogP contribution in [0.5, 0.6) is 11.5 Å². The van der Waals surface area contributed by atoms with E-state index < -0.39 is 4.92 Å². The second kappa shape index (κ2) is 5.81. The molecule has 1 aromatic heterocycles. The van der Waals surface area contributed by atoms with E-state index in [2.05, 4.69) is 4.98 Å². The van der Waals surface area contributed by atoms with Crippen molar-refractivity contribution in [1.82, 2.24) is 4.98 Å². The van der Waals surface area contributed by atoms with Crippen LogP contribution in [0.15, 0.2) is 42.6 Å². The van der Waals surface area contributed by atoms with E-state index in [9.17, 15) is 10.1 Å². The van der Waals surface area contributed by atoms with Crippen molar-refractivity contribution in [3.8, 4) is 11.5 Å². The van der Waals surface area contributed by atoms with Crippen molar-refractivity contribution in [1.29, 1.82) is 0 Å². The van der Waals surface area contributed by atoms with Crippen LogP contribution in [0.1, 0.15) is 5.56 Å². The molecule has 0 atom stereocenters. The summed E-state index contributed by atoms with van der Waals surface area (Å²) in [7, 11) is 1.61. The predicted octanol–water partition coefficient (Wildman–Crippen LogP) is 2.58. The van der Waals surface area contributed by atoms with Gasteiger partial charge in [-0.15, -0.1) is 0 Å². The highest BCUT2D eigenvalue weighted by Gasteiger charge is 2.06. The molecule has 1 heterocycles. The third-order valence-electron chi connectivity index (χ3n) is 2.47. The molecule has 0 unspecified atom stereocenters. The van der Waals surface area contributed by atoms with Gasteiger partial charge < -0.3 is 19.6 Å². The fraction of sp³-hybridized carbons (Fsp3) is 0.154. The van der Waals surface area contributed by atoms with Crippen molar-refractivity contribution in [2.75, 3.05) is 7.11 Å². The van der Waals surface area contributed by atoms with Gasteiger partial charge in [0, 0.05) is 6.07 Å². The number of hydrogen-bond acceptors (Lipinski definition) is 5. The highest BCUT2D eigenvalue weighted by molar-refractivity contribution is 5.29. The summed E-state index contributed by atoms with van der Waals surface area (Å²) in [6.45, 7) is 0.365. The van der Waals surface area contributed by atoms with E-state index in [0.717, 1.165) is 11.3 Å². The minimum Gasteiger partial charge on any atom is -0.497 e. The first-order valence-electron chi connectivity index (χ1n) is 5.55. The van der Waals surface area contributed by atoms with Crippen LogP contribution in [0.2, 0.25) is 0 Å². The van der Waals surface area contributed by atoms with E-state index in [1.807, 2.05) is 24.3 Å². The lowest BCUT2D eigenvalue weighted by Gasteiger charge is -2.05. The van der Waals surface area contributed by atoms with E-state index in [1.165, 1.54) is 18.3 Å². The average Bonchev–Trinajstić information content (AvgIpc) is 2.46. The highest BCUT2D eigenvalue weighted by atomic mass is 16.6. The Balaban J connectivity index is 1.95. The molecule has 2 aromatic rings. The molecule has 2 rings (SSSR count). The Morgan fingerprint density at radius 1 is 1.16 bits per heavy atom. The molecule has 6 nitrogen and oxygen atoms in total.